The van der Waals surface area contributed by atoms with Crippen LogP contribution in [-0.2, 0) is 25.5 Å². The van der Waals surface area contributed by atoms with E-state index in [1.165, 1.54) is 38.5 Å². The first-order valence-electron chi connectivity index (χ1n) is 10.2. The van der Waals surface area contributed by atoms with Crippen molar-refractivity contribution in [3.8, 4) is 0 Å². The summed E-state index contributed by atoms with van der Waals surface area (Å²) in [5.41, 5.74) is 1.11. The number of unbranched alkanes of at least 4 members (excludes halogenated alkanes) is 7. The summed E-state index contributed by atoms with van der Waals surface area (Å²) in [6.07, 6.45) is 10.5. The number of esters is 2. The molecule has 0 spiro atoms. The zero-order chi connectivity index (χ0) is 19.7. The van der Waals surface area contributed by atoms with E-state index < -0.39 is 0 Å². The molecule has 0 fully saturated rings. The molecule has 1 aromatic carbocycles. The highest BCUT2D eigenvalue weighted by molar-refractivity contribution is 9.10. The van der Waals surface area contributed by atoms with E-state index in [4.69, 9.17) is 9.47 Å². The predicted octanol–water partition coefficient (Wildman–Crippen LogP) is 6.00. The number of carbonyl (C=O) groups excluding carboxylic acids is 2. The van der Waals surface area contributed by atoms with Crippen molar-refractivity contribution in [1.29, 1.82) is 0 Å². The van der Waals surface area contributed by atoms with Crippen LogP contribution in [0, 0.1) is 0 Å². The average molecular weight is 441 g/mol. The summed E-state index contributed by atoms with van der Waals surface area (Å²) in [5, 5.41) is 0. The van der Waals surface area contributed by atoms with Gasteiger partial charge < -0.3 is 9.47 Å². The SMILES string of the molecule is CCCCCCCCCCOC(=O)CCC(=O)OCCc1ccc(Br)cc1. The van der Waals surface area contributed by atoms with Gasteiger partial charge in [0.2, 0.25) is 0 Å². The van der Waals surface area contributed by atoms with Gasteiger partial charge in [0.25, 0.3) is 0 Å². The van der Waals surface area contributed by atoms with Crippen molar-refractivity contribution in [3.05, 3.63) is 34.3 Å². The van der Waals surface area contributed by atoms with Crippen LogP contribution in [0.15, 0.2) is 28.7 Å². The second-order valence-electron chi connectivity index (χ2n) is 6.79. The topological polar surface area (TPSA) is 52.6 Å². The summed E-state index contributed by atoms with van der Waals surface area (Å²) < 4.78 is 11.4. The first kappa shape index (κ1) is 23.7. The lowest BCUT2D eigenvalue weighted by Crippen LogP contribution is -2.12. The van der Waals surface area contributed by atoms with Gasteiger partial charge in [-0.1, -0.05) is 79.9 Å². The van der Waals surface area contributed by atoms with E-state index in [-0.39, 0.29) is 24.8 Å². The lowest BCUT2D eigenvalue weighted by molar-refractivity contribution is -0.150. The van der Waals surface area contributed by atoms with Crippen molar-refractivity contribution in [1.82, 2.24) is 0 Å². The van der Waals surface area contributed by atoms with Crippen LogP contribution >= 0.6 is 15.9 Å². The van der Waals surface area contributed by atoms with E-state index in [0.717, 1.165) is 22.9 Å². The van der Waals surface area contributed by atoms with Crippen molar-refractivity contribution >= 4 is 27.9 Å². The summed E-state index contributed by atoms with van der Waals surface area (Å²) in [7, 11) is 0. The summed E-state index contributed by atoms with van der Waals surface area (Å²) in [5.74, 6) is -0.668. The Bertz CT molecular complexity index is 528. The second-order valence-corrected chi connectivity index (χ2v) is 7.71. The Kier molecular flexibility index (Phi) is 13.7. The minimum atomic E-state index is -0.351. The molecule has 5 heteroatoms. The minimum absolute atomic E-state index is 0.0800. The lowest BCUT2D eigenvalue weighted by Gasteiger charge is -2.06. The van der Waals surface area contributed by atoms with Gasteiger partial charge in [-0.25, -0.2) is 0 Å². The van der Waals surface area contributed by atoms with E-state index in [1.54, 1.807) is 0 Å². The van der Waals surface area contributed by atoms with Crippen LogP contribution in [0.5, 0.6) is 0 Å². The van der Waals surface area contributed by atoms with Crippen LogP contribution in [0.3, 0.4) is 0 Å². The number of hydrogen-bond acceptors (Lipinski definition) is 4. The minimum Gasteiger partial charge on any atom is -0.466 e. The molecular formula is C22H33BrO4. The van der Waals surface area contributed by atoms with Crippen molar-refractivity contribution in [2.45, 2.75) is 77.6 Å². The van der Waals surface area contributed by atoms with E-state index >= 15 is 0 Å². The fraction of sp³-hybridized carbons (Fsp3) is 0.636. The third-order valence-corrected chi connectivity index (χ3v) is 4.89. The highest BCUT2D eigenvalue weighted by atomic mass is 79.9. The van der Waals surface area contributed by atoms with E-state index in [0.29, 0.717) is 19.6 Å². The van der Waals surface area contributed by atoms with Crippen molar-refractivity contribution in [2.24, 2.45) is 0 Å². The highest BCUT2D eigenvalue weighted by Gasteiger charge is 2.09. The molecule has 0 radical (unpaired) electrons. The number of rotatable bonds is 15. The number of carbonyl (C=O) groups is 2. The fourth-order valence-electron chi connectivity index (χ4n) is 2.70. The molecule has 0 aliphatic rings. The van der Waals surface area contributed by atoms with Gasteiger partial charge in [0, 0.05) is 10.9 Å². The van der Waals surface area contributed by atoms with Gasteiger partial charge in [-0.15, -0.1) is 0 Å². The molecule has 27 heavy (non-hydrogen) atoms. The van der Waals surface area contributed by atoms with E-state index in [1.807, 2.05) is 24.3 Å². The molecule has 152 valence electrons. The Morgan fingerprint density at radius 2 is 1.30 bits per heavy atom. The zero-order valence-corrected chi connectivity index (χ0v) is 18.1. The van der Waals surface area contributed by atoms with Gasteiger partial charge in [-0.3, -0.25) is 9.59 Å². The van der Waals surface area contributed by atoms with Crippen LogP contribution in [0.4, 0.5) is 0 Å². The van der Waals surface area contributed by atoms with Gasteiger partial charge >= 0.3 is 11.9 Å². The molecule has 4 nitrogen and oxygen atoms in total. The van der Waals surface area contributed by atoms with Crippen LogP contribution < -0.4 is 0 Å². The summed E-state index contributed by atoms with van der Waals surface area (Å²) in [6, 6.07) is 7.89. The Labute approximate surface area is 172 Å². The van der Waals surface area contributed by atoms with Gasteiger partial charge in [0.1, 0.15) is 0 Å². The van der Waals surface area contributed by atoms with Crippen molar-refractivity contribution < 1.29 is 19.1 Å². The average Bonchev–Trinajstić information content (AvgIpc) is 2.66. The number of benzene rings is 1. The summed E-state index contributed by atoms with van der Waals surface area (Å²) in [4.78, 5) is 23.3. The standard InChI is InChI=1S/C22H33BrO4/c1-2-3-4-5-6-7-8-9-17-26-21(24)14-15-22(25)27-18-16-19-10-12-20(23)13-11-19/h10-13H,2-9,14-18H2,1H3. The lowest BCUT2D eigenvalue weighted by atomic mass is 10.1. The Balaban J connectivity index is 1.94. The van der Waals surface area contributed by atoms with E-state index in [9.17, 15) is 9.59 Å². The van der Waals surface area contributed by atoms with Gasteiger partial charge in [0.05, 0.1) is 26.1 Å². The molecule has 0 saturated carbocycles. The third-order valence-electron chi connectivity index (χ3n) is 4.36. The predicted molar refractivity (Wildman–Crippen MR) is 112 cm³/mol. The monoisotopic (exact) mass is 440 g/mol. The van der Waals surface area contributed by atoms with Gasteiger partial charge in [0.15, 0.2) is 0 Å². The number of halogens is 1. The Morgan fingerprint density at radius 3 is 1.89 bits per heavy atom. The van der Waals surface area contributed by atoms with Crippen LogP contribution in [-0.4, -0.2) is 25.2 Å². The molecule has 0 atom stereocenters. The summed E-state index contributed by atoms with van der Waals surface area (Å²) >= 11 is 3.38. The molecule has 0 aliphatic heterocycles. The first-order valence-corrected chi connectivity index (χ1v) is 11.0. The molecule has 1 aromatic rings. The second kappa shape index (κ2) is 15.7. The smallest absolute Gasteiger partial charge is 0.306 e. The molecule has 0 amide bonds. The Hall–Kier alpha value is -1.36. The van der Waals surface area contributed by atoms with Gasteiger partial charge in [-0.05, 0) is 24.1 Å². The maximum absolute atomic E-state index is 11.7. The van der Waals surface area contributed by atoms with Gasteiger partial charge in [-0.2, -0.15) is 0 Å². The molecule has 1 rings (SSSR count). The van der Waals surface area contributed by atoms with Crippen LogP contribution in [0.25, 0.3) is 0 Å². The van der Waals surface area contributed by atoms with Crippen molar-refractivity contribution in [2.75, 3.05) is 13.2 Å². The quantitative estimate of drug-likeness (QED) is 0.248. The third kappa shape index (κ3) is 13.5. The van der Waals surface area contributed by atoms with Crippen molar-refractivity contribution in [3.63, 3.8) is 0 Å². The number of hydrogen-bond donors (Lipinski definition) is 0. The van der Waals surface area contributed by atoms with Crippen LogP contribution in [0.1, 0.15) is 76.7 Å². The molecule has 0 saturated heterocycles. The van der Waals surface area contributed by atoms with E-state index in [2.05, 4.69) is 22.9 Å². The maximum atomic E-state index is 11.7. The maximum Gasteiger partial charge on any atom is 0.306 e. The fourth-order valence-corrected chi connectivity index (χ4v) is 2.97. The number of ether oxygens (including phenoxy) is 2. The highest BCUT2D eigenvalue weighted by Crippen LogP contribution is 2.11. The molecule has 0 N–H and O–H groups in total. The molecule has 0 heterocycles. The van der Waals surface area contributed by atoms with Crippen LogP contribution in [0.2, 0.25) is 0 Å². The Morgan fingerprint density at radius 1 is 0.778 bits per heavy atom. The molecule has 0 aliphatic carbocycles. The normalized spacial score (nSPS) is 10.6. The first-order chi connectivity index (χ1) is 13.1. The molecular weight excluding hydrogens is 408 g/mol. The summed E-state index contributed by atoms with van der Waals surface area (Å²) in [6.45, 7) is 3.00. The largest absolute Gasteiger partial charge is 0.466 e. The zero-order valence-electron chi connectivity index (χ0n) is 16.5. The molecule has 0 bridgehead atoms. The molecule has 0 unspecified atom stereocenters. The molecule has 0 aromatic heterocycles.